The Bertz CT molecular complexity index is 1070. The van der Waals surface area contributed by atoms with Crippen LogP contribution in [0.3, 0.4) is 0 Å². The minimum Gasteiger partial charge on any atom is -0.506 e. The zero-order chi connectivity index (χ0) is 22.5. The number of rotatable bonds is 5. The third-order valence-electron chi connectivity index (χ3n) is 5.58. The van der Waals surface area contributed by atoms with Crippen molar-refractivity contribution in [2.24, 2.45) is 4.99 Å². The summed E-state index contributed by atoms with van der Waals surface area (Å²) in [7, 11) is 3.69. The SMILES string of the molecule is COc1ccccc1/C=C1\SC(=Nc2ccccc2)C(C(=O)NC2CCN(C)CC2)=C1O. The summed E-state index contributed by atoms with van der Waals surface area (Å²) >= 11 is 1.29. The van der Waals surface area contributed by atoms with Gasteiger partial charge in [0, 0.05) is 11.6 Å². The van der Waals surface area contributed by atoms with Crippen LogP contribution >= 0.6 is 11.8 Å². The summed E-state index contributed by atoms with van der Waals surface area (Å²) in [5.41, 5.74) is 1.77. The maximum atomic E-state index is 13.2. The van der Waals surface area contributed by atoms with Gasteiger partial charge in [0.05, 0.1) is 17.7 Å². The fraction of sp³-hybridized carbons (Fsp3) is 0.280. The molecule has 2 aromatic carbocycles. The van der Waals surface area contributed by atoms with Gasteiger partial charge in [0.1, 0.15) is 22.1 Å². The molecule has 0 aliphatic carbocycles. The molecule has 2 heterocycles. The minimum absolute atomic E-state index is 0.0546. The first-order chi connectivity index (χ1) is 15.5. The largest absolute Gasteiger partial charge is 0.506 e. The highest BCUT2D eigenvalue weighted by atomic mass is 32.2. The molecule has 2 aliphatic heterocycles. The van der Waals surface area contributed by atoms with E-state index in [0.717, 1.165) is 37.2 Å². The Morgan fingerprint density at radius 3 is 2.56 bits per heavy atom. The van der Waals surface area contributed by atoms with Crippen LogP contribution in [0.5, 0.6) is 5.75 Å². The van der Waals surface area contributed by atoms with E-state index in [1.165, 1.54) is 11.8 Å². The summed E-state index contributed by atoms with van der Waals surface area (Å²) < 4.78 is 5.43. The summed E-state index contributed by atoms with van der Waals surface area (Å²) in [6, 6.07) is 17.1. The molecule has 2 aromatic rings. The number of thioether (sulfide) groups is 1. The van der Waals surface area contributed by atoms with Crippen molar-refractivity contribution in [1.29, 1.82) is 0 Å². The number of aliphatic hydroxyl groups is 1. The van der Waals surface area contributed by atoms with E-state index in [2.05, 4.69) is 22.3 Å². The average Bonchev–Trinajstić information content (AvgIpc) is 3.11. The van der Waals surface area contributed by atoms with E-state index in [4.69, 9.17) is 4.74 Å². The van der Waals surface area contributed by atoms with Gasteiger partial charge >= 0.3 is 0 Å². The van der Waals surface area contributed by atoms with Crippen LogP contribution in [0.25, 0.3) is 6.08 Å². The molecule has 32 heavy (non-hydrogen) atoms. The van der Waals surface area contributed by atoms with Crippen molar-refractivity contribution in [3.05, 3.63) is 76.4 Å². The molecule has 6 nitrogen and oxygen atoms in total. The molecular weight excluding hydrogens is 422 g/mol. The van der Waals surface area contributed by atoms with E-state index in [1.807, 2.05) is 60.7 Å². The van der Waals surface area contributed by atoms with Gasteiger partial charge in [-0.2, -0.15) is 0 Å². The van der Waals surface area contributed by atoms with Crippen molar-refractivity contribution in [3.8, 4) is 5.75 Å². The Hall–Kier alpha value is -3.03. The summed E-state index contributed by atoms with van der Waals surface area (Å²) in [6.07, 6.45) is 3.60. The van der Waals surface area contributed by atoms with Gasteiger partial charge in [-0.25, -0.2) is 4.99 Å². The molecule has 0 aromatic heterocycles. The van der Waals surface area contributed by atoms with Gasteiger partial charge in [0.25, 0.3) is 5.91 Å². The summed E-state index contributed by atoms with van der Waals surface area (Å²) in [4.78, 5) is 20.7. The minimum atomic E-state index is -0.289. The summed E-state index contributed by atoms with van der Waals surface area (Å²) in [5, 5.41) is 14.7. The van der Waals surface area contributed by atoms with Crippen LogP contribution in [0.1, 0.15) is 18.4 Å². The number of ether oxygens (including phenoxy) is 1. The van der Waals surface area contributed by atoms with E-state index in [0.29, 0.717) is 15.7 Å². The molecule has 0 unspecified atom stereocenters. The standard InChI is InChI=1S/C25H27N3O3S/c1-28-14-12-19(13-15-28)26-24(30)22-23(29)21(16-17-8-6-7-11-20(17)31-2)32-25(22)27-18-9-4-3-5-10-18/h3-11,16,19,29H,12-15H2,1-2H3,(H,26,30)/b21-16-,27-25?. The Morgan fingerprint density at radius 1 is 1.16 bits per heavy atom. The summed E-state index contributed by atoms with van der Waals surface area (Å²) in [5.74, 6) is 0.350. The van der Waals surface area contributed by atoms with Crippen LogP contribution in [0.4, 0.5) is 5.69 Å². The van der Waals surface area contributed by atoms with Gasteiger partial charge < -0.3 is 20.1 Å². The quantitative estimate of drug-likeness (QED) is 0.701. The normalized spacial score (nSPS) is 20.2. The van der Waals surface area contributed by atoms with Crippen LogP contribution in [0.15, 0.2) is 75.8 Å². The highest BCUT2D eigenvalue weighted by Crippen LogP contribution is 2.40. The van der Waals surface area contributed by atoms with E-state index in [-0.39, 0.29) is 23.3 Å². The first-order valence-electron chi connectivity index (χ1n) is 10.6. The number of nitrogens with zero attached hydrogens (tertiary/aromatic N) is 2. The molecule has 0 radical (unpaired) electrons. The second-order valence-corrected chi connectivity index (χ2v) is 8.91. The molecule has 4 rings (SSSR count). The third-order valence-corrected chi connectivity index (χ3v) is 6.60. The summed E-state index contributed by atoms with van der Waals surface area (Å²) in [6.45, 7) is 1.88. The van der Waals surface area contributed by atoms with Crippen LogP contribution in [-0.4, -0.2) is 54.2 Å². The topological polar surface area (TPSA) is 74.2 Å². The number of carbonyl (C=O) groups is 1. The van der Waals surface area contributed by atoms with Crippen LogP contribution in [0.2, 0.25) is 0 Å². The van der Waals surface area contributed by atoms with E-state index >= 15 is 0 Å². The molecule has 166 valence electrons. The van der Waals surface area contributed by atoms with E-state index < -0.39 is 0 Å². The molecule has 1 saturated heterocycles. The zero-order valence-electron chi connectivity index (χ0n) is 18.2. The van der Waals surface area contributed by atoms with Gasteiger partial charge in [-0.3, -0.25) is 4.79 Å². The van der Waals surface area contributed by atoms with Crippen molar-refractivity contribution in [2.45, 2.75) is 18.9 Å². The molecular formula is C25H27N3O3S. The molecule has 1 amide bonds. The Morgan fingerprint density at radius 2 is 1.84 bits per heavy atom. The van der Waals surface area contributed by atoms with Gasteiger partial charge in [-0.1, -0.05) is 48.2 Å². The van der Waals surface area contributed by atoms with Crippen molar-refractivity contribution in [1.82, 2.24) is 10.2 Å². The molecule has 0 bridgehead atoms. The zero-order valence-corrected chi connectivity index (χ0v) is 19.1. The molecule has 2 N–H and O–H groups in total. The first-order valence-corrected chi connectivity index (χ1v) is 11.5. The second kappa shape index (κ2) is 10.1. The van der Waals surface area contributed by atoms with Crippen molar-refractivity contribution >= 4 is 34.5 Å². The van der Waals surface area contributed by atoms with Crippen LogP contribution in [0, 0.1) is 0 Å². The molecule has 1 fully saturated rings. The predicted molar refractivity (Wildman–Crippen MR) is 130 cm³/mol. The maximum absolute atomic E-state index is 13.2. The van der Waals surface area contributed by atoms with Crippen molar-refractivity contribution < 1.29 is 14.6 Å². The van der Waals surface area contributed by atoms with Gasteiger partial charge in [0.15, 0.2) is 0 Å². The highest BCUT2D eigenvalue weighted by Gasteiger charge is 2.33. The van der Waals surface area contributed by atoms with Crippen LogP contribution < -0.4 is 10.1 Å². The van der Waals surface area contributed by atoms with E-state index in [9.17, 15) is 9.90 Å². The molecule has 7 heteroatoms. The number of likely N-dealkylation sites (tertiary alicyclic amines) is 1. The number of nitrogens with one attached hydrogen (secondary N) is 1. The number of methoxy groups -OCH3 is 1. The number of aliphatic hydroxyl groups excluding tert-OH is 1. The van der Waals surface area contributed by atoms with Crippen molar-refractivity contribution in [2.75, 3.05) is 27.2 Å². The number of hydrogen-bond acceptors (Lipinski definition) is 6. The molecule has 0 spiro atoms. The van der Waals surface area contributed by atoms with Gasteiger partial charge in [-0.05, 0) is 57.3 Å². The number of amides is 1. The molecule has 0 saturated carbocycles. The maximum Gasteiger partial charge on any atom is 0.258 e. The number of para-hydroxylation sites is 2. The smallest absolute Gasteiger partial charge is 0.258 e. The Kier molecular flexibility index (Phi) is 6.97. The average molecular weight is 450 g/mol. The fourth-order valence-corrected chi connectivity index (χ4v) is 4.80. The fourth-order valence-electron chi connectivity index (χ4n) is 3.77. The lowest BCUT2D eigenvalue weighted by Crippen LogP contribution is -2.44. The number of hydrogen-bond donors (Lipinski definition) is 2. The van der Waals surface area contributed by atoms with Gasteiger partial charge in [-0.15, -0.1) is 0 Å². The van der Waals surface area contributed by atoms with Crippen LogP contribution in [-0.2, 0) is 4.79 Å². The molecule has 0 atom stereocenters. The Labute approximate surface area is 192 Å². The number of benzene rings is 2. The number of aliphatic imine (C=N–C) groups is 1. The lowest BCUT2D eigenvalue weighted by Gasteiger charge is -2.29. The Balaban J connectivity index is 1.68. The third kappa shape index (κ3) is 5.06. The highest BCUT2D eigenvalue weighted by molar-refractivity contribution is 8.18. The lowest BCUT2D eigenvalue weighted by molar-refractivity contribution is -0.118. The second-order valence-electron chi connectivity index (χ2n) is 7.88. The van der Waals surface area contributed by atoms with Crippen molar-refractivity contribution in [3.63, 3.8) is 0 Å². The number of piperidine rings is 1. The lowest BCUT2D eigenvalue weighted by atomic mass is 10.0. The monoisotopic (exact) mass is 449 g/mol. The number of carbonyl (C=O) groups excluding carboxylic acids is 1. The van der Waals surface area contributed by atoms with E-state index in [1.54, 1.807) is 7.11 Å². The van der Waals surface area contributed by atoms with Gasteiger partial charge in [0.2, 0.25) is 0 Å². The molecule has 2 aliphatic rings. The first kappa shape index (κ1) is 22.2. The predicted octanol–water partition coefficient (Wildman–Crippen LogP) is 4.54.